The fraction of sp³-hybridized carbons (Fsp3) is 0.375. The zero-order valence-corrected chi connectivity index (χ0v) is 13.6. The largest absolute Gasteiger partial charge is 0.243 e. The van der Waals surface area contributed by atoms with Crippen LogP contribution in [0.4, 0.5) is 0 Å². The molecule has 5 nitrogen and oxygen atoms in total. The van der Waals surface area contributed by atoms with E-state index in [1.54, 1.807) is 28.8 Å². The molecule has 0 unspecified atom stereocenters. The van der Waals surface area contributed by atoms with Crippen molar-refractivity contribution in [1.29, 1.82) is 0 Å². The van der Waals surface area contributed by atoms with Crippen LogP contribution in [-0.2, 0) is 22.9 Å². The molecule has 0 saturated heterocycles. The molecule has 0 aliphatic carbocycles. The second kappa shape index (κ2) is 5.78. The van der Waals surface area contributed by atoms with E-state index in [-0.39, 0.29) is 0 Å². The van der Waals surface area contributed by atoms with Gasteiger partial charge in [0.25, 0.3) is 0 Å². The molecule has 0 bridgehead atoms. The zero-order chi connectivity index (χ0) is 15.7. The summed E-state index contributed by atoms with van der Waals surface area (Å²) in [7, 11) is -3.45. The summed E-state index contributed by atoms with van der Waals surface area (Å²) in [5.41, 5.74) is 3.94. The van der Waals surface area contributed by atoms with E-state index >= 15 is 0 Å². The van der Waals surface area contributed by atoms with Gasteiger partial charge in [0.2, 0.25) is 10.0 Å². The number of nitrogens with zero attached hydrogens (tertiary/aromatic N) is 3. The molecule has 0 spiro atoms. The number of fused-ring (bicyclic) bond motifs is 1. The standard InChI is InChI=1S/C16H19N3O2S/c1-12-4-3-5-14(10-12)22(20,21)19-8-6-15-13(2)17-11-18-16(15)7-9-19/h3-5,10-11H,6-9H2,1-2H3. The van der Waals surface area contributed by atoms with E-state index in [9.17, 15) is 8.42 Å². The van der Waals surface area contributed by atoms with Crippen LogP contribution in [-0.4, -0.2) is 35.8 Å². The summed E-state index contributed by atoms with van der Waals surface area (Å²) in [6.45, 7) is 4.78. The highest BCUT2D eigenvalue weighted by atomic mass is 32.2. The summed E-state index contributed by atoms with van der Waals surface area (Å²) in [5, 5.41) is 0. The zero-order valence-electron chi connectivity index (χ0n) is 12.8. The van der Waals surface area contributed by atoms with Crippen LogP contribution in [0.2, 0.25) is 0 Å². The second-order valence-corrected chi connectivity index (χ2v) is 7.54. The molecule has 22 heavy (non-hydrogen) atoms. The Bertz CT molecular complexity index is 803. The molecule has 1 aliphatic heterocycles. The fourth-order valence-corrected chi connectivity index (χ4v) is 4.38. The van der Waals surface area contributed by atoms with E-state index in [4.69, 9.17) is 0 Å². The summed E-state index contributed by atoms with van der Waals surface area (Å²) >= 11 is 0. The lowest BCUT2D eigenvalue weighted by atomic mass is 10.1. The van der Waals surface area contributed by atoms with Gasteiger partial charge in [-0.15, -0.1) is 0 Å². The molecule has 0 atom stereocenters. The minimum atomic E-state index is -3.45. The van der Waals surface area contributed by atoms with Crippen molar-refractivity contribution in [2.45, 2.75) is 31.6 Å². The first-order chi connectivity index (χ1) is 10.5. The number of benzene rings is 1. The van der Waals surface area contributed by atoms with Gasteiger partial charge in [-0.05, 0) is 43.5 Å². The van der Waals surface area contributed by atoms with E-state index in [0.29, 0.717) is 30.8 Å². The van der Waals surface area contributed by atoms with Gasteiger partial charge in [-0.3, -0.25) is 0 Å². The van der Waals surface area contributed by atoms with Crippen molar-refractivity contribution < 1.29 is 8.42 Å². The Kier molecular flexibility index (Phi) is 3.97. The molecule has 1 aromatic carbocycles. The lowest BCUT2D eigenvalue weighted by molar-refractivity contribution is 0.426. The Labute approximate surface area is 131 Å². The highest BCUT2D eigenvalue weighted by molar-refractivity contribution is 7.89. The summed E-state index contributed by atoms with van der Waals surface area (Å²) in [5.74, 6) is 0. The second-order valence-electron chi connectivity index (χ2n) is 5.60. The molecule has 116 valence electrons. The molecule has 0 saturated carbocycles. The molecule has 0 amide bonds. The number of rotatable bonds is 2. The molecule has 0 radical (unpaired) electrons. The van der Waals surface area contributed by atoms with Crippen LogP contribution in [0.15, 0.2) is 35.5 Å². The lowest BCUT2D eigenvalue weighted by Gasteiger charge is -2.20. The SMILES string of the molecule is Cc1cccc(S(=O)(=O)N2CCc3ncnc(C)c3CC2)c1. The lowest BCUT2D eigenvalue weighted by Crippen LogP contribution is -2.33. The average molecular weight is 317 g/mol. The Morgan fingerprint density at radius 2 is 1.86 bits per heavy atom. The van der Waals surface area contributed by atoms with E-state index in [0.717, 1.165) is 22.5 Å². The normalized spacial score (nSPS) is 16.1. The third kappa shape index (κ3) is 2.76. The first-order valence-corrected chi connectivity index (χ1v) is 8.78. The topological polar surface area (TPSA) is 63.2 Å². The summed E-state index contributed by atoms with van der Waals surface area (Å²) in [6, 6.07) is 7.06. The maximum absolute atomic E-state index is 12.8. The van der Waals surface area contributed by atoms with Gasteiger partial charge in [-0.25, -0.2) is 18.4 Å². The Morgan fingerprint density at radius 1 is 1.09 bits per heavy atom. The molecule has 2 heterocycles. The molecule has 1 aromatic heterocycles. The molecular formula is C16H19N3O2S. The van der Waals surface area contributed by atoms with E-state index in [2.05, 4.69) is 9.97 Å². The molecule has 0 fully saturated rings. The Balaban J connectivity index is 1.90. The maximum Gasteiger partial charge on any atom is 0.243 e. The number of hydrogen-bond acceptors (Lipinski definition) is 4. The van der Waals surface area contributed by atoms with Crippen molar-refractivity contribution in [1.82, 2.24) is 14.3 Å². The fourth-order valence-electron chi connectivity index (χ4n) is 2.83. The van der Waals surface area contributed by atoms with Gasteiger partial charge < -0.3 is 0 Å². The summed E-state index contributed by atoms with van der Waals surface area (Å²) < 4.78 is 27.2. The third-order valence-corrected chi connectivity index (χ3v) is 5.98. The molecule has 3 rings (SSSR count). The first-order valence-electron chi connectivity index (χ1n) is 7.34. The van der Waals surface area contributed by atoms with E-state index in [1.165, 1.54) is 0 Å². The van der Waals surface area contributed by atoms with Gasteiger partial charge >= 0.3 is 0 Å². The van der Waals surface area contributed by atoms with Crippen LogP contribution in [0.1, 0.15) is 22.5 Å². The minimum Gasteiger partial charge on any atom is -0.241 e. The third-order valence-electron chi connectivity index (χ3n) is 4.09. The van der Waals surface area contributed by atoms with Gasteiger partial charge in [0, 0.05) is 30.9 Å². The van der Waals surface area contributed by atoms with E-state index in [1.807, 2.05) is 19.9 Å². The highest BCUT2D eigenvalue weighted by Crippen LogP contribution is 2.22. The minimum absolute atomic E-state index is 0.362. The van der Waals surface area contributed by atoms with Crippen molar-refractivity contribution >= 4 is 10.0 Å². The number of sulfonamides is 1. The molecule has 6 heteroatoms. The van der Waals surface area contributed by atoms with Crippen molar-refractivity contribution in [2.75, 3.05) is 13.1 Å². The number of hydrogen-bond donors (Lipinski definition) is 0. The highest BCUT2D eigenvalue weighted by Gasteiger charge is 2.27. The van der Waals surface area contributed by atoms with Gasteiger partial charge in [0.1, 0.15) is 6.33 Å². The Morgan fingerprint density at radius 3 is 2.64 bits per heavy atom. The number of aryl methyl sites for hydroxylation is 2. The van der Waals surface area contributed by atoms with Crippen LogP contribution in [0.3, 0.4) is 0 Å². The van der Waals surface area contributed by atoms with Gasteiger partial charge in [-0.1, -0.05) is 12.1 Å². The van der Waals surface area contributed by atoms with Crippen molar-refractivity contribution in [3.63, 3.8) is 0 Å². The molecule has 2 aromatic rings. The van der Waals surface area contributed by atoms with Crippen molar-refractivity contribution in [3.05, 3.63) is 53.1 Å². The summed E-state index contributed by atoms with van der Waals surface area (Å²) in [6.07, 6.45) is 2.84. The van der Waals surface area contributed by atoms with Crippen LogP contribution >= 0.6 is 0 Å². The quantitative estimate of drug-likeness (QED) is 0.848. The van der Waals surface area contributed by atoms with Gasteiger partial charge in [0.15, 0.2) is 0 Å². The van der Waals surface area contributed by atoms with Crippen LogP contribution < -0.4 is 0 Å². The van der Waals surface area contributed by atoms with Gasteiger partial charge in [-0.2, -0.15) is 4.31 Å². The number of aromatic nitrogens is 2. The van der Waals surface area contributed by atoms with Crippen LogP contribution in [0.5, 0.6) is 0 Å². The van der Waals surface area contributed by atoms with Crippen LogP contribution in [0, 0.1) is 13.8 Å². The molecule has 1 aliphatic rings. The van der Waals surface area contributed by atoms with Crippen LogP contribution in [0.25, 0.3) is 0 Å². The van der Waals surface area contributed by atoms with Gasteiger partial charge in [0.05, 0.1) is 4.90 Å². The first kappa shape index (κ1) is 15.1. The van der Waals surface area contributed by atoms with E-state index < -0.39 is 10.0 Å². The maximum atomic E-state index is 12.8. The predicted octanol–water partition coefficient (Wildman–Crippen LogP) is 1.88. The predicted molar refractivity (Wildman–Crippen MR) is 84.1 cm³/mol. The average Bonchev–Trinajstić information content (AvgIpc) is 2.71. The molecular weight excluding hydrogens is 298 g/mol. The summed E-state index contributed by atoms with van der Waals surface area (Å²) in [4.78, 5) is 8.89. The smallest absolute Gasteiger partial charge is 0.241 e. The monoisotopic (exact) mass is 317 g/mol. The molecule has 0 N–H and O–H groups in total. The van der Waals surface area contributed by atoms with Crippen molar-refractivity contribution in [3.8, 4) is 0 Å². The van der Waals surface area contributed by atoms with Crippen molar-refractivity contribution in [2.24, 2.45) is 0 Å². The Hall–Kier alpha value is -1.79.